The van der Waals surface area contributed by atoms with Crippen LogP contribution >= 0.6 is 34.5 Å². The van der Waals surface area contributed by atoms with Crippen molar-refractivity contribution in [3.05, 3.63) is 146 Å². The third kappa shape index (κ3) is 5.01. The predicted molar refractivity (Wildman–Crippen MR) is 156 cm³/mol. The lowest BCUT2D eigenvalue weighted by Crippen LogP contribution is -2.39. The van der Waals surface area contributed by atoms with Crippen LogP contribution in [0.2, 0.25) is 10.0 Å². The highest BCUT2D eigenvalue weighted by atomic mass is 35.5. The fourth-order valence-electron chi connectivity index (χ4n) is 5.14. The molecular weight excluding hydrogens is 553 g/mol. The summed E-state index contributed by atoms with van der Waals surface area (Å²) in [7, 11) is 0. The molecule has 1 atom stereocenters. The van der Waals surface area contributed by atoms with Crippen molar-refractivity contribution in [2.24, 2.45) is 4.99 Å². The summed E-state index contributed by atoms with van der Waals surface area (Å²) in [6.45, 7) is 0. The molecule has 0 spiro atoms. The molecule has 2 heterocycles. The smallest absolute Gasteiger partial charge is 0.271 e. The first kappa shape index (κ1) is 25.5. The van der Waals surface area contributed by atoms with Crippen molar-refractivity contribution in [1.82, 2.24) is 4.57 Å². The van der Waals surface area contributed by atoms with Crippen molar-refractivity contribution < 1.29 is 4.92 Å². The van der Waals surface area contributed by atoms with Gasteiger partial charge in [-0.3, -0.25) is 19.5 Å². The molecule has 6 rings (SSSR count). The Morgan fingerprint density at radius 2 is 1.67 bits per heavy atom. The second kappa shape index (κ2) is 10.4. The van der Waals surface area contributed by atoms with E-state index in [4.69, 9.17) is 28.2 Å². The Balaban J connectivity index is 1.56. The van der Waals surface area contributed by atoms with Gasteiger partial charge in [0.25, 0.3) is 11.2 Å². The van der Waals surface area contributed by atoms with Crippen molar-refractivity contribution in [2.45, 2.75) is 25.3 Å². The van der Waals surface area contributed by atoms with Crippen LogP contribution in [0.1, 0.15) is 42.0 Å². The molecule has 0 radical (unpaired) electrons. The zero-order valence-corrected chi connectivity index (χ0v) is 22.8. The Labute approximate surface area is 237 Å². The number of nitro benzene ring substituents is 1. The molecule has 9 heteroatoms. The first-order valence-electron chi connectivity index (χ1n) is 12.4. The highest BCUT2D eigenvalue weighted by Crippen LogP contribution is 2.41. The highest BCUT2D eigenvalue weighted by molar-refractivity contribution is 7.07. The van der Waals surface area contributed by atoms with Crippen molar-refractivity contribution in [3.63, 3.8) is 0 Å². The second-order valence-corrected chi connectivity index (χ2v) is 11.3. The number of benzene rings is 3. The van der Waals surface area contributed by atoms with Gasteiger partial charge in [-0.25, -0.2) is 4.99 Å². The Morgan fingerprint density at radius 3 is 2.38 bits per heavy atom. The number of nitro groups is 1. The van der Waals surface area contributed by atoms with Crippen LogP contribution in [0.25, 0.3) is 12.2 Å². The maximum absolute atomic E-state index is 13.8. The SMILES string of the molecule is O=c1/c(=C\c2cccc([N+](=O)[O-])c2)sc2n1[C@H](c1ccc(Cl)cc1)C1=C(N=2)/C(=C/c2ccc(Cl)cc2)CCC1. The molecule has 0 amide bonds. The number of rotatable bonds is 4. The fraction of sp³-hybridized carbons (Fsp3) is 0.133. The Morgan fingerprint density at radius 1 is 0.949 bits per heavy atom. The predicted octanol–water partition coefficient (Wildman–Crippen LogP) is 6.70. The van der Waals surface area contributed by atoms with Crippen LogP contribution in [0.15, 0.2) is 99.4 Å². The van der Waals surface area contributed by atoms with E-state index in [1.807, 2.05) is 48.5 Å². The molecule has 194 valence electrons. The summed E-state index contributed by atoms with van der Waals surface area (Å²) in [4.78, 5) is 30.3. The molecule has 0 unspecified atom stereocenters. The third-order valence-corrected chi connectivity index (χ3v) is 8.40. The summed E-state index contributed by atoms with van der Waals surface area (Å²) >= 11 is 13.6. The van der Waals surface area contributed by atoms with Gasteiger partial charge >= 0.3 is 0 Å². The van der Waals surface area contributed by atoms with Gasteiger partial charge < -0.3 is 0 Å². The van der Waals surface area contributed by atoms with E-state index in [2.05, 4.69) is 6.08 Å². The van der Waals surface area contributed by atoms with E-state index in [0.29, 0.717) is 24.9 Å². The molecule has 4 aromatic rings. The average Bonchev–Trinajstić information content (AvgIpc) is 3.24. The topological polar surface area (TPSA) is 77.5 Å². The minimum Gasteiger partial charge on any atom is -0.272 e. The molecule has 0 N–H and O–H groups in total. The number of nitrogens with zero attached hydrogens (tertiary/aromatic N) is 3. The molecule has 0 bridgehead atoms. The lowest BCUT2D eigenvalue weighted by molar-refractivity contribution is -0.384. The number of hydrogen-bond donors (Lipinski definition) is 0. The summed E-state index contributed by atoms with van der Waals surface area (Å²) in [6, 6.07) is 21.2. The summed E-state index contributed by atoms with van der Waals surface area (Å²) in [6.07, 6.45) is 6.48. The quantitative estimate of drug-likeness (QED) is 0.201. The van der Waals surface area contributed by atoms with Gasteiger partial charge in [0.2, 0.25) is 0 Å². The van der Waals surface area contributed by atoms with Crippen LogP contribution < -0.4 is 14.9 Å². The third-order valence-electron chi connectivity index (χ3n) is 6.91. The maximum atomic E-state index is 13.8. The van der Waals surface area contributed by atoms with Gasteiger partial charge in [-0.2, -0.15) is 0 Å². The molecule has 1 aliphatic heterocycles. The maximum Gasteiger partial charge on any atom is 0.271 e. The number of non-ortho nitro benzene ring substituents is 1. The Bertz CT molecular complexity index is 1850. The second-order valence-electron chi connectivity index (χ2n) is 9.43. The van der Waals surface area contributed by atoms with E-state index in [1.165, 1.54) is 23.5 Å². The van der Waals surface area contributed by atoms with Crippen LogP contribution in [0.4, 0.5) is 5.69 Å². The van der Waals surface area contributed by atoms with Gasteiger partial charge in [0.05, 0.1) is 21.2 Å². The van der Waals surface area contributed by atoms with Gasteiger partial charge in [0.1, 0.15) is 0 Å². The van der Waals surface area contributed by atoms with Crippen LogP contribution in [-0.2, 0) is 0 Å². The molecule has 1 aliphatic carbocycles. The Hall–Kier alpha value is -3.78. The van der Waals surface area contributed by atoms with Gasteiger partial charge in [0, 0.05) is 22.2 Å². The first-order chi connectivity index (χ1) is 18.9. The van der Waals surface area contributed by atoms with Crippen LogP contribution in [-0.4, -0.2) is 9.49 Å². The molecule has 39 heavy (non-hydrogen) atoms. The number of allylic oxidation sites excluding steroid dienone is 2. The number of fused-ring (bicyclic) bond motifs is 1. The molecular formula is C30H21Cl2N3O3S. The normalized spacial score (nSPS) is 18.1. The van der Waals surface area contributed by atoms with Crippen molar-refractivity contribution in [1.29, 1.82) is 0 Å². The van der Waals surface area contributed by atoms with Gasteiger partial charge in [-0.1, -0.05) is 70.9 Å². The number of thiazole rings is 1. The summed E-state index contributed by atoms with van der Waals surface area (Å²) in [5, 5.41) is 12.6. The summed E-state index contributed by atoms with van der Waals surface area (Å²) in [5.74, 6) is 0. The van der Waals surface area contributed by atoms with Crippen LogP contribution in [0.3, 0.4) is 0 Å². The molecule has 0 saturated heterocycles. The van der Waals surface area contributed by atoms with Crippen LogP contribution in [0, 0.1) is 10.1 Å². The van der Waals surface area contributed by atoms with E-state index in [9.17, 15) is 14.9 Å². The number of hydrogen-bond acceptors (Lipinski definition) is 5. The van der Waals surface area contributed by atoms with Gasteiger partial charge in [0.15, 0.2) is 4.80 Å². The summed E-state index contributed by atoms with van der Waals surface area (Å²) < 4.78 is 2.22. The first-order valence-corrected chi connectivity index (χ1v) is 14.0. The lowest BCUT2D eigenvalue weighted by atomic mass is 9.84. The van der Waals surface area contributed by atoms with E-state index in [0.717, 1.165) is 47.2 Å². The van der Waals surface area contributed by atoms with Gasteiger partial charge in [-0.05, 0) is 83.5 Å². The van der Waals surface area contributed by atoms with E-state index < -0.39 is 4.92 Å². The monoisotopic (exact) mass is 573 g/mol. The number of halogens is 2. The molecule has 0 saturated carbocycles. The minimum atomic E-state index is -0.442. The van der Waals surface area contributed by atoms with Crippen molar-refractivity contribution in [2.75, 3.05) is 0 Å². The largest absolute Gasteiger partial charge is 0.272 e. The molecule has 1 aromatic heterocycles. The fourth-order valence-corrected chi connectivity index (χ4v) is 6.39. The Kier molecular flexibility index (Phi) is 6.81. The van der Waals surface area contributed by atoms with E-state index in [-0.39, 0.29) is 17.3 Å². The van der Waals surface area contributed by atoms with Gasteiger partial charge in [-0.15, -0.1) is 0 Å². The van der Waals surface area contributed by atoms with Crippen molar-refractivity contribution >= 4 is 52.4 Å². The van der Waals surface area contributed by atoms with E-state index in [1.54, 1.807) is 22.8 Å². The standard InChI is InChI=1S/C30H21Cl2N3O3S/c31-22-11-7-18(8-12-22)15-21-4-2-6-25-27(21)33-30-34(28(25)20-9-13-23(32)14-10-20)29(36)26(39-30)17-19-3-1-5-24(16-19)35(37)38/h1,3,5,7-17,28H,2,4,6H2/b21-15+,26-17+/t28-/m1/s1. The van der Waals surface area contributed by atoms with Crippen LogP contribution in [0.5, 0.6) is 0 Å². The molecule has 6 nitrogen and oxygen atoms in total. The van der Waals surface area contributed by atoms with Crippen molar-refractivity contribution in [3.8, 4) is 0 Å². The minimum absolute atomic E-state index is 0.0250. The molecule has 2 aliphatic rings. The zero-order chi connectivity index (χ0) is 27.1. The summed E-state index contributed by atoms with van der Waals surface area (Å²) in [5.41, 5.74) is 5.51. The highest BCUT2D eigenvalue weighted by Gasteiger charge is 2.32. The number of aromatic nitrogens is 1. The molecule has 0 fully saturated rings. The lowest BCUT2D eigenvalue weighted by Gasteiger charge is -2.31. The average molecular weight is 574 g/mol. The zero-order valence-electron chi connectivity index (χ0n) is 20.5. The van der Waals surface area contributed by atoms with E-state index >= 15 is 0 Å². The molecule has 3 aromatic carbocycles.